The van der Waals surface area contributed by atoms with E-state index < -0.39 is 0 Å². The number of likely N-dealkylation sites (tertiary alicyclic amines) is 2. The SMILES string of the molecule is Cc1nn(C)c(C)c1CN1CC[C@H]2CN(C(=O)C3CC3)C[C@@]2(CO)C1. The Bertz CT molecular complexity index is 681. The minimum atomic E-state index is -0.146. The smallest absolute Gasteiger partial charge is 0.225 e. The van der Waals surface area contributed by atoms with Gasteiger partial charge in [-0.1, -0.05) is 0 Å². The van der Waals surface area contributed by atoms with Crippen molar-refractivity contribution < 1.29 is 9.90 Å². The van der Waals surface area contributed by atoms with Gasteiger partial charge in [-0.05, 0) is 45.6 Å². The van der Waals surface area contributed by atoms with Crippen molar-refractivity contribution in [3.05, 3.63) is 17.0 Å². The standard InChI is InChI=1S/C19H30N4O2/c1-13-17(14(2)21(3)20-13)9-22-7-6-16-8-23(18(25)15-4-5-15)11-19(16,10-22)12-24/h15-16,24H,4-12H2,1-3H3/t16-,19+/m0/s1. The lowest BCUT2D eigenvalue weighted by atomic mass is 9.74. The summed E-state index contributed by atoms with van der Waals surface area (Å²) >= 11 is 0. The van der Waals surface area contributed by atoms with E-state index in [4.69, 9.17) is 0 Å². The molecule has 6 heteroatoms. The molecule has 1 N–H and O–H groups in total. The van der Waals surface area contributed by atoms with Crippen LogP contribution in [0.25, 0.3) is 0 Å². The molecule has 0 radical (unpaired) electrons. The lowest BCUT2D eigenvalue weighted by Crippen LogP contribution is -2.50. The zero-order chi connectivity index (χ0) is 17.8. The average molecular weight is 346 g/mol. The molecule has 3 fully saturated rings. The molecule has 138 valence electrons. The maximum atomic E-state index is 12.5. The summed E-state index contributed by atoms with van der Waals surface area (Å²) in [6, 6.07) is 0. The van der Waals surface area contributed by atoms with Gasteiger partial charge in [0, 0.05) is 55.8 Å². The van der Waals surface area contributed by atoms with Crippen molar-refractivity contribution in [3.8, 4) is 0 Å². The number of hydrogen-bond acceptors (Lipinski definition) is 4. The first-order valence-corrected chi connectivity index (χ1v) is 9.54. The van der Waals surface area contributed by atoms with Gasteiger partial charge in [-0.25, -0.2) is 0 Å². The van der Waals surface area contributed by atoms with Crippen LogP contribution >= 0.6 is 0 Å². The number of rotatable bonds is 4. The number of aliphatic hydroxyl groups is 1. The van der Waals surface area contributed by atoms with Crippen LogP contribution in [0, 0.1) is 31.1 Å². The normalized spacial score (nSPS) is 29.9. The highest BCUT2D eigenvalue weighted by molar-refractivity contribution is 5.81. The van der Waals surface area contributed by atoms with Crippen molar-refractivity contribution >= 4 is 5.91 Å². The maximum Gasteiger partial charge on any atom is 0.225 e. The molecule has 4 rings (SSSR count). The number of piperidine rings is 1. The van der Waals surface area contributed by atoms with Gasteiger partial charge in [0.05, 0.1) is 12.3 Å². The Balaban J connectivity index is 1.49. The summed E-state index contributed by atoms with van der Waals surface area (Å²) < 4.78 is 1.95. The highest BCUT2D eigenvalue weighted by atomic mass is 16.3. The number of carbonyl (C=O) groups excluding carboxylic acids is 1. The number of amides is 1. The Morgan fingerprint density at radius 1 is 1.28 bits per heavy atom. The zero-order valence-corrected chi connectivity index (χ0v) is 15.7. The van der Waals surface area contributed by atoms with Crippen LogP contribution in [0.2, 0.25) is 0 Å². The van der Waals surface area contributed by atoms with Crippen molar-refractivity contribution in [3.63, 3.8) is 0 Å². The first kappa shape index (κ1) is 17.0. The van der Waals surface area contributed by atoms with E-state index in [0.717, 1.165) is 57.7 Å². The van der Waals surface area contributed by atoms with Gasteiger partial charge in [0.1, 0.15) is 0 Å². The number of nitrogens with zero attached hydrogens (tertiary/aromatic N) is 4. The number of fused-ring (bicyclic) bond motifs is 1. The van der Waals surface area contributed by atoms with Gasteiger partial charge < -0.3 is 10.0 Å². The predicted octanol–water partition coefficient (Wildman–Crippen LogP) is 1.09. The van der Waals surface area contributed by atoms with E-state index in [0.29, 0.717) is 11.8 Å². The van der Waals surface area contributed by atoms with E-state index in [1.807, 2.05) is 16.6 Å². The Morgan fingerprint density at radius 2 is 2.04 bits per heavy atom. The second-order valence-electron chi connectivity index (χ2n) is 8.48. The summed E-state index contributed by atoms with van der Waals surface area (Å²) in [5.74, 6) is 1.04. The van der Waals surface area contributed by atoms with Crippen LogP contribution in [0.4, 0.5) is 0 Å². The fourth-order valence-corrected chi connectivity index (χ4v) is 4.86. The molecule has 2 aliphatic heterocycles. The Kier molecular flexibility index (Phi) is 4.15. The molecular weight excluding hydrogens is 316 g/mol. The van der Waals surface area contributed by atoms with Crippen molar-refractivity contribution in [1.82, 2.24) is 19.6 Å². The molecule has 0 bridgehead atoms. The second-order valence-corrected chi connectivity index (χ2v) is 8.48. The molecule has 6 nitrogen and oxygen atoms in total. The number of aliphatic hydroxyl groups excluding tert-OH is 1. The zero-order valence-electron chi connectivity index (χ0n) is 15.7. The van der Waals surface area contributed by atoms with Gasteiger partial charge in [0.25, 0.3) is 0 Å². The fraction of sp³-hybridized carbons (Fsp3) is 0.789. The topological polar surface area (TPSA) is 61.6 Å². The van der Waals surface area contributed by atoms with Crippen molar-refractivity contribution in [2.75, 3.05) is 32.8 Å². The molecule has 3 aliphatic rings. The third-order valence-corrected chi connectivity index (χ3v) is 6.74. The van der Waals surface area contributed by atoms with E-state index >= 15 is 0 Å². The second kappa shape index (κ2) is 6.09. The molecule has 25 heavy (non-hydrogen) atoms. The first-order valence-electron chi connectivity index (χ1n) is 9.54. The molecular formula is C19H30N4O2. The van der Waals surface area contributed by atoms with Crippen molar-refractivity contribution in [2.24, 2.45) is 24.3 Å². The van der Waals surface area contributed by atoms with Crippen LogP contribution < -0.4 is 0 Å². The third kappa shape index (κ3) is 2.89. The summed E-state index contributed by atoms with van der Waals surface area (Å²) in [5.41, 5.74) is 3.47. The summed E-state index contributed by atoms with van der Waals surface area (Å²) in [7, 11) is 1.99. The molecule has 2 atom stereocenters. The molecule has 3 heterocycles. The number of carbonyl (C=O) groups is 1. The van der Waals surface area contributed by atoms with Gasteiger partial charge in [-0.3, -0.25) is 14.4 Å². The molecule has 1 aliphatic carbocycles. The van der Waals surface area contributed by atoms with E-state index in [2.05, 4.69) is 23.8 Å². The molecule has 1 aromatic rings. The number of aromatic nitrogens is 2. The summed E-state index contributed by atoms with van der Waals surface area (Å²) in [4.78, 5) is 17.0. The van der Waals surface area contributed by atoms with Crippen molar-refractivity contribution in [1.29, 1.82) is 0 Å². The van der Waals surface area contributed by atoms with Crippen molar-refractivity contribution in [2.45, 2.75) is 39.7 Å². The number of hydrogen-bond donors (Lipinski definition) is 1. The van der Waals surface area contributed by atoms with Gasteiger partial charge >= 0.3 is 0 Å². The Labute approximate surface area is 149 Å². The van der Waals surface area contributed by atoms with Crippen LogP contribution in [0.5, 0.6) is 0 Å². The lowest BCUT2D eigenvalue weighted by Gasteiger charge is -2.43. The monoisotopic (exact) mass is 346 g/mol. The lowest BCUT2D eigenvalue weighted by molar-refractivity contribution is -0.132. The predicted molar refractivity (Wildman–Crippen MR) is 94.9 cm³/mol. The molecule has 1 aromatic heterocycles. The Hall–Kier alpha value is -1.40. The van der Waals surface area contributed by atoms with Crippen LogP contribution in [-0.4, -0.2) is 63.4 Å². The Morgan fingerprint density at radius 3 is 2.64 bits per heavy atom. The molecule has 2 saturated heterocycles. The molecule has 1 amide bonds. The van der Waals surface area contributed by atoms with E-state index in [-0.39, 0.29) is 17.9 Å². The average Bonchev–Trinajstić information content (AvgIpc) is 3.33. The minimum absolute atomic E-state index is 0.146. The summed E-state index contributed by atoms with van der Waals surface area (Å²) in [6.07, 6.45) is 3.17. The summed E-state index contributed by atoms with van der Waals surface area (Å²) in [5, 5.41) is 14.8. The van der Waals surface area contributed by atoms with Gasteiger partial charge in [0.15, 0.2) is 0 Å². The molecule has 0 unspecified atom stereocenters. The minimum Gasteiger partial charge on any atom is -0.396 e. The van der Waals surface area contributed by atoms with E-state index in [1.54, 1.807) is 0 Å². The highest BCUT2D eigenvalue weighted by Crippen LogP contribution is 2.44. The molecule has 0 spiro atoms. The van der Waals surface area contributed by atoms with Gasteiger partial charge in [-0.15, -0.1) is 0 Å². The van der Waals surface area contributed by atoms with Crippen LogP contribution in [-0.2, 0) is 18.4 Å². The third-order valence-electron chi connectivity index (χ3n) is 6.74. The highest BCUT2D eigenvalue weighted by Gasteiger charge is 2.51. The summed E-state index contributed by atoms with van der Waals surface area (Å²) in [6.45, 7) is 8.73. The largest absolute Gasteiger partial charge is 0.396 e. The first-order chi connectivity index (χ1) is 11.9. The van der Waals surface area contributed by atoms with Gasteiger partial charge in [0.2, 0.25) is 5.91 Å². The fourth-order valence-electron chi connectivity index (χ4n) is 4.86. The van der Waals surface area contributed by atoms with E-state index in [9.17, 15) is 9.90 Å². The maximum absolute atomic E-state index is 12.5. The number of aryl methyl sites for hydroxylation is 2. The van der Waals surface area contributed by atoms with Crippen LogP contribution in [0.3, 0.4) is 0 Å². The van der Waals surface area contributed by atoms with E-state index in [1.165, 1.54) is 11.3 Å². The van der Waals surface area contributed by atoms with Crippen LogP contribution in [0.1, 0.15) is 36.2 Å². The van der Waals surface area contributed by atoms with Gasteiger partial charge in [-0.2, -0.15) is 5.10 Å². The molecule has 0 aromatic carbocycles. The van der Waals surface area contributed by atoms with Crippen LogP contribution in [0.15, 0.2) is 0 Å². The quantitative estimate of drug-likeness (QED) is 0.887. The molecule has 1 saturated carbocycles.